The molecule has 0 aliphatic carbocycles. The first-order valence-electron chi connectivity index (χ1n) is 9.90. The molecule has 0 bridgehead atoms. The fraction of sp³-hybridized carbons (Fsp3) is 0.0833. The van der Waals surface area contributed by atoms with Crippen LogP contribution in [-0.4, -0.2) is 33.2 Å². The van der Waals surface area contributed by atoms with Crippen molar-refractivity contribution in [1.82, 2.24) is 4.98 Å². The first kappa shape index (κ1) is 22.5. The number of carboxylic acid groups (broad SMARTS) is 1. The van der Waals surface area contributed by atoms with Crippen LogP contribution in [0.3, 0.4) is 0 Å². The van der Waals surface area contributed by atoms with E-state index in [4.69, 9.17) is 4.74 Å². The van der Waals surface area contributed by atoms with Crippen LogP contribution in [0.2, 0.25) is 0 Å². The summed E-state index contributed by atoms with van der Waals surface area (Å²) in [5.41, 5.74) is 1.95. The normalized spacial score (nSPS) is 12.2. The van der Waals surface area contributed by atoms with Crippen LogP contribution in [0.4, 0.5) is 5.69 Å². The molecule has 3 N–H and O–H groups in total. The zero-order valence-electron chi connectivity index (χ0n) is 17.1. The average molecular weight is 555 g/mol. The van der Waals surface area contributed by atoms with Gasteiger partial charge in [0.1, 0.15) is 5.75 Å². The van der Waals surface area contributed by atoms with Crippen molar-refractivity contribution in [2.75, 3.05) is 0 Å². The molecule has 1 aromatic heterocycles. The number of H-pyrrole nitrogens is 1. The molecule has 166 valence electrons. The number of carbonyl (C=O) groups excluding carboxylic acids is 1. The number of aromatic hydroxyl groups is 1. The van der Waals surface area contributed by atoms with Crippen molar-refractivity contribution in [1.29, 1.82) is 0 Å². The molecule has 0 fully saturated rings. The maximum absolute atomic E-state index is 12.4. The minimum atomic E-state index is -1.08. The Morgan fingerprint density at radius 3 is 2.45 bits per heavy atom. The van der Waals surface area contributed by atoms with Gasteiger partial charge in [-0.2, -0.15) is 0 Å². The number of fused-ring (bicyclic) bond motifs is 1. The number of ether oxygens (including phenoxy) is 1. The Kier molecular flexibility index (Phi) is 6.68. The summed E-state index contributed by atoms with van der Waals surface area (Å²) in [7, 11) is 0. The number of nitrogens with zero attached hydrogens (tertiary/aromatic N) is 2. The van der Waals surface area contributed by atoms with Crippen LogP contribution in [-0.2, 0) is 11.2 Å². The highest BCUT2D eigenvalue weighted by molar-refractivity contribution is 14.1. The molecule has 0 radical (unpaired) electrons. The summed E-state index contributed by atoms with van der Waals surface area (Å²) in [4.78, 5) is 26.8. The topological polar surface area (TPSA) is 124 Å². The predicted octanol–water partition coefficient (Wildman–Crippen LogP) is 5.48. The molecular weight excluding hydrogens is 537 g/mol. The van der Waals surface area contributed by atoms with Gasteiger partial charge >= 0.3 is 5.97 Å². The molecule has 0 saturated carbocycles. The van der Waals surface area contributed by atoms with E-state index in [-0.39, 0.29) is 23.6 Å². The van der Waals surface area contributed by atoms with Crippen LogP contribution < -0.4 is 4.74 Å². The molecule has 0 aliphatic heterocycles. The number of hydrogen-bond acceptors (Lipinski definition) is 5. The molecule has 33 heavy (non-hydrogen) atoms. The third-order valence-electron chi connectivity index (χ3n) is 4.87. The predicted molar refractivity (Wildman–Crippen MR) is 130 cm³/mol. The molecule has 8 nitrogen and oxygen atoms in total. The number of aliphatic carboxylic acids is 1. The van der Waals surface area contributed by atoms with Crippen molar-refractivity contribution in [3.63, 3.8) is 0 Å². The van der Waals surface area contributed by atoms with Crippen molar-refractivity contribution in [2.45, 2.75) is 12.5 Å². The van der Waals surface area contributed by atoms with Gasteiger partial charge < -0.3 is 19.9 Å². The maximum Gasteiger partial charge on any atom is 0.345 e. The van der Waals surface area contributed by atoms with Gasteiger partial charge in [0.25, 0.3) is 5.91 Å². The summed E-state index contributed by atoms with van der Waals surface area (Å²) in [5.74, 6) is -1.55. The molecule has 1 atom stereocenters. The molecule has 0 spiro atoms. The number of hydrogen-bond donors (Lipinski definition) is 3. The second-order valence-corrected chi connectivity index (χ2v) is 8.42. The molecule has 1 amide bonds. The Labute approximate surface area is 202 Å². The third kappa shape index (κ3) is 5.37. The van der Waals surface area contributed by atoms with Crippen LogP contribution in [0.1, 0.15) is 15.9 Å². The van der Waals surface area contributed by atoms with Gasteiger partial charge in [0, 0.05) is 20.9 Å². The van der Waals surface area contributed by atoms with Crippen LogP contribution >= 0.6 is 22.6 Å². The van der Waals surface area contributed by atoms with Gasteiger partial charge in [0.2, 0.25) is 5.88 Å². The first-order valence-corrected chi connectivity index (χ1v) is 11.0. The van der Waals surface area contributed by atoms with Gasteiger partial charge in [-0.3, -0.25) is 4.79 Å². The second-order valence-electron chi connectivity index (χ2n) is 7.18. The Morgan fingerprint density at radius 1 is 1.03 bits per heavy atom. The number of carboxylic acids is 1. The van der Waals surface area contributed by atoms with Crippen molar-refractivity contribution in [3.05, 3.63) is 87.5 Å². The number of nitrogens with one attached hydrogen (secondary N) is 1. The number of halogens is 1. The van der Waals surface area contributed by atoms with Crippen molar-refractivity contribution in [3.8, 4) is 11.6 Å². The van der Waals surface area contributed by atoms with E-state index in [9.17, 15) is 19.8 Å². The Balaban J connectivity index is 1.46. The van der Waals surface area contributed by atoms with Crippen molar-refractivity contribution >= 4 is 51.1 Å². The third-order valence-corrected chi connectivity index (χ3v) is 5.54. The minimum Gasteiger partial charge on any atom is -0.493 e. The molecule has 1 heterocycles. The van der Waals surface area contributed by atoms with Gasteiger partial charge in [-0.25, -0.2) is 4.79 Å². The number of carbonyl (C=O) groups is 2. The zero-order chi connectivity index (χ0) is 23.4. The quantitative estimate of drug-likeness (QED) is 0.206. The monoisotopic (exact) mass is 555 g/mol. The van der Waals surface area contributed by atoms with E-state index in [1.54, 1.807) is 6.07 Å². The van der Waals surface area contributed by atoms with Gasteiger partial charge in [-0.15, -0.1) is 10.2 Å². The lowest BCUT2D eigenvalue weighted by molar-refractivity contribution is -0.145. The summed E-state index contributed by atoms with van der Waals surface area (Å²) >= 11 is 2.14. The standard InChI is InChI=1S/C24H18IN3O5/c25-16-8-11-19-18(13-16)21(23(30)26-19)27-28-22(29)15-6-9-17(10-7-15)33-20(24(31)32)12-14-4-2-1-3-5-14/h1-11,13,20,26,30H,12H2,(H,31,32)/t20-/m0/s1. The molecule has 3 aromatic carbocycles. The largest absolute Gasteiger partial charge is 0.493 e. The lowest BCUT2D eigenvalue weighted by Gasteiger charge is -2.15. The molecule has 0 saturated heterocycles. The molecular formula is C24H18IN3O5. The first-order chi connectivity index (χ1) is 15.9. The summed E-state index contributed by atoms with van der Waals surface area (Å²) in [6.45, 7) is 0. The van der Waals surface area contributed by atoms with Gasteiger partial charge in [-0.1, -0.05) is 30.3 Å². The lowest BCUT2D eigenvalue weighted by atomic mass is 10.1. The Hall–Kier alpha value is -3.73. The maximum atomic E-state index is 12.4. The van der Waals surface area contributed by atoms with Gasteiger partial charge in [0.15, 0.2) is 11.8 Å². The van der Waals surface area contributed by atoms with Crippen molar-refractivity contribution < 1.29 is 24.5 Å². The van der Waals surface area contributed by atoms with E-state index in [0.717, 1.165) is 9.13 Å². The van der Waals surface area contributed by atoms with Crippen LogP contribution in [0.25, 0.3) is 10.9 Å². The average Bonchev–Trinajstić information content (AvgIpc) is 3.12. The van der Waals surface area contributed by atoms with E-state index in [0.29, 0.717) is 16.7 Å². The highest BCUT2D eigenvalue weighted by atomic mass is 127. The van der Waals surface area contributed by atoms with E-state index >= 15 is 0 Å². The second kappa shape index (κ2) is 9.82. The summed E-state index contributed by atoms with van der Waals surface area (Å²) in [5, 5.41) is 27.9. The smallest absolute Gasteiger partial charge is 0.345 e. The van der Waals surface area contributed by atoms with Crippen LogP contribution in [0.15, 0.2) is 83.0 Å². The number of aromatic nitrogens is 1. The van der Waals surface area contributed by atoms with Crippen LogP contribution in [0.5, 0.6) is 11.6 Å². The highest BCUT2D eigenvalue weighted by Gasteiger charge is 2.20. The molecule has 0 aliphatic rings. The molecule has 0 unspecified atom stereocenters. The lowest BCUT2D eigenvalue weighted by Crippen LogP contribution is -2.29. The number of aromatic amines is 1. The SMILES string of the molecule is O=C(N=Nc1c(O)[nH]c2ccc(I)cc12)c1ccc(O[C@@H](Cc2ccccc2)C(=O)O)cc1. The highest BCUT2D eigenvalue weighted by Crippen LogP contribution is 2.36. The number of azo groups is 1. The Morgan fingerprint density at radius 2 is 1.76 bits per heavy atom. The number of rotatable bonds is 7. The summed E-state index contributed by atoms with van der Waals surface area (Å²) in [6.07, 6.45) is -0.862. The molecule has 9 heteroatoms. The van der Waals surface area contributed by atoms with Crippen molar-refractivity contribution in [2.24, 2.45) is 10.2 Å². The van der Waals surface area contributed by atoms with E-state index in [2.05, 4.69) is 37.8 Å². The van der Waals surface area contributed by atoms with Gasteiger partial charge in [0.05, 0.1) is 5.52 Å². The number of amides is 1. The zero-order valence-corrected chi connectivity index (χ0v) is 19.3. The molecule has 4 aromatic rings. The summed E-state index contributed by atoms with van der Waals surface area (Å²) in [6, 6.07) is 20.7. The van der Waals surface area contributed by atoms with Gasteiger partial charge in [-0.05, 0) is 70.6 Å². The van der Waals surface area contributed by atoms with E-state index in [1.165, 1.54) is 24.3 Å². The Bertz CT molecular complexity index is 1330. The van der Waals surface area contributed by atoms with E-state index in [1.807, 2.05) is 42.5 Å². The van der Waals surface area contributed by atoms with E-state index < -0.39 is 18.0 Å². The fourth-order valence-corrected chi connectivity index (χ4v) is 3.73. The minimum absolute atomic E-state index is 0.176. The molecule has 4 rings (SSSR count). The number of benzene rings is 3. The summed E-state index contributed by atoms with van der Waals surface area (Å²) < 4.78 is 6.55. The van der Waals surface area contributed by atoms with Crippen LogP contribution in [0, 0.1) is 3.57 Å². The fourth-order valence-electron chi connectivity index (χ4n) is 3.24.